The topological polar surface area (TPSA) is 87.8 Å². The molecule has 0 radical (unpaired) electrons. The molecule has 5 atom stereocenters. The Morgan fingerprint density at radius 2 is 1.59 bits per heavy atom. The normalized spacial score (nSPS) is 23.5. The van der Waals surface area contributed by atoms with Crippen LogP contribution in [-0.4, -0.2) is 42.4 Å². The Labute approximate surface area is 225 Å². The molecule has 0 aliphatic carbocycles. The average Bonchev–Trinajstić information content (AvgIpc) is 2.86. The fraction of sp³-hybridized carbons (Fsp3) is 0.533. The van der Waals surface area contributed by atoms with E-state index in [1.165, 1.54) is 60.7 Å². The van der Waals surface area contributed by atoms with Crippen LogP contribution in [0.5, 0.6) is 0 Å². The Hall–Kier alpha value is -2.35. The van der Waals surface area contributed by atoms with Gasteiger partial charge in [0.15, 0.2) is 6.10 Å². The third-order valence-electron chi connectivity index (χ3n) is 6.99. The highest BCUT2D eigenvalue weighted by atomic mass is 32.2. The highest BCUT2D eigenvalue weighted by molar-refractivity contribution is 7.99. The first-order valence-corrected chi connectivity index (χ1v) is 14.4. The lowest BCUT2D eigenvalue weighted by Crippen LogP contribution is -2.52. The van der Waals surface area contributed by atoms with Gasteiger partial charge in [-0.05, 0) is 73.2 Å². The van der Waals surface area contributed by atoms with Crippen LogP contribution in [0.3, 0.4) is 0 Å². The molecule has 1 fully saturated rings. The smallest absolute Gasteiger partial charge is 0.303 e. The van der Waals surface area contributed by atoms with Gasteiger partial charge in [0, 0.05) is 19.8 Å². The molecule has 1 heterocycles. The Morgan fingerprint density at radius 3 is 2.22 bits per heavy atom. The second-order valence-corrected chi connectivity index (χ2v) is 10.9. The standard InChI is InChI=1S/C30H41NO5S/c1-19-10-15-25(18-26(19)17-24-13-11-23(12-14-24)9-7-6-8-16-31)27-20(2)28(34-21(3)32)29(35-22(4)33)30(36-27)37-5/h10-15,18,20,27-30H,6-9,16-17,31H2,1-5H3/t20-,27+,28+,29-,30+/m0/s1. The molecule has 3 rings (SSSR count). The molecule has 1 aliphatic heterocycles. The van der Waals surface area contributed by atoms with Gasteiger partial charge in [-0.2, -0.15) is 0 Å². The van der Waals surface area contributed by atoms with Gasteiger partial charge in [0.2, 0.25) is 0 Å². The molecule has 0 bridgehead atoms. The summed E-state index contributed by atoms with van der Waals surface area (Å²) in [5, 5.41) is 0. The van der Waals surface area contributed by atoms with Crippen LogP contribution < -0.4 is 5.73 Å². The van der Waals surface area contributed by atoms with E-state index >= 15 is 0 Å². The van der Waals surface area contributed by atoms with Gasteiger partial charge in [0.25, 0.3) is 0 Å². The van der Waals surface area contributed by atoms with Crippen molar-refractivity contribution in [2.24, 2.45) is 11.7 Å². The van der Waals surface area contributed by atoms with Crippen molar-refractivity contribution in [2.75, 3.05) is 12.8 Å². The first-order valence-electron chi connectivity index (χ1n) is 13.1. The second kappa shape index (κ2) is 14.0. The van der Waals surface area contributed by atoms with Crippen LogP contribution >= 0.6 is 11.8 Å². The fourth-order valence-electron chi connectivity index (χ4n) is 4.98. The minimum Gasteiger partial charge on any atom is -0.458 e. The summed E-state index contributed by atoms with van der Waals surface area (Å²) in [6.45, 7) is 7.61. The molecule has 0 saturated carbocycles. The zero-order chi connectivity index (χ0) is 26.9. The summed E-state index contributed by atoms with van der Waals surface area (Å²) in [5.41, 5.74) is 11.2. The molecule has 0 spiro atoms. The van der Waals surface area contributed by atoms with E-state index in [4.69, 9.17) is 19.9 Å². The molecule has 0 amide bonds. The van der Waals surface area contributed by atoms with Gasteiger partial charge in [-0.1, -0.05) is 55.8 Å². The van der Waals surface area contributed by atoms with Crippen molar-refractivity contribution >= 4 is 23.7 Å². The highest BCUT2D eigenvalue weighted by Crippen LogP contribution is 2.42. The van der Waals surface area contributed by atoms with Crippen molar-refractivity contribution < 1.29 is 23.8 Å². The number of carbonyl (C=O) groups excluding carboxylic acids is 2. The number of thioether (sulfide) groups is 1. The Kier molecular flexibility index (Phi) is 11.0. The number of rotatable bonds is 11. The molecule has 7 heteroatoms. The lowest BCUT2D eigenvalue weighted by atomic mass is 9.85. The SMILES string of the molecule is CS[C@H]1O[C@@H](c2ccc(C)c(Cc3ccc(CCCCCN)cc3)c2)[C@H](C)[C@@H](OC(C)=O)[C@@H]1OC(C)=O. The molecule has 1 aliphatic rings. The minimum atomic E-state index is -0.665. The van der Waals surface area contributed by atoms with Gasteiger partial charge < -0.3 is 19.9 Å². The number of unbranched alkanes of at least 4 members (excludes halogenated alkanes) is 2. The molecular formula is C30H41NO5S. The van der Waals surface area contributed by atoms with E-state index in [0.717, 1.165) is 31.4 Å². The molecular weight excluding hydrogens is 486 g/mol. The first kappa shape index (κ1) is 29.2. The molecule has 2 aromatic carbocycles. The van der Waals surface area contributed by atoms with Crippen LogP contribution in [0, 0.1) is 12.8 Å². The quantitative estimate of drug-likeness (QED) is 0.304. The maximum absolute atomic E-state index is 11.9. The minimum absolute atomic E-state index is 0.203. The van der Waals surface area contributed by atoms with Crippen molar-refractivity contribution in [3.05, 3.63) is 70.3 Å². The number of hydrogen-bond donors (Lipinski definition) is 1. The van der Waals surface area contributed by atoms with Gasteiger partial charge in [-0.3, -0.25) is 9.59 Å². The number of nitrogens with two attached hydrogens (primary N) is 1. The predicted molar refractivity (Wildman–Crippen MR) is 148 cm³/mol. The number of carbonyl (C=O) groups is 2. The van der Waals surface area contributed by atoms with E-state index < -0.39 is 29.6 Å². The van der Waals surface area contributed by atoms with Crippen molar-refractivity contribution in [3.8, 4) is 0 Å². The zero-order valence-corrected chi connectivity index (χ0v) is 23.5. The molecule has 6 nitrogen and oxygen atoms in total. The molecule has 2 N–H and O–H groups in total. The number of hydrogen-bond acceptors (Lipinski definition) is 7. The van der Waals surface area contributed by atoms with Crippen LogP contribution in [0.25, 0.3) is 0 Å². The maximum atomic E-state index is 11.9. The van der Waals surface area contributed by atoms with Crippen molar-refractivity contribution in [1.82, 2.24) is 0 Å². The number of benzene rings is 2. The van der Waals surface area contributed by atoms with Crippen LogP contribution in [0.4, 0.5) is 0 Å². The summed E-state index contributed by atoms with van der Waals surface area (Å²) in [4.78, 5) is 23.7. The van der Waals surface area contributed by atoms with Gasteiger partial charge in [0.1, 0.15) is 11.5 Å². The number of aryl methyl sites for hydroxylation is 2. The summed E-state index contributed by atoms with van der Waals surface area (Å²) in [5.74, 6) is -1.03. The summed E-state index contributed by atoms with van der Waals surface area (Å²) in [7, 11) is 0. The first-order chi connectivity index (χ1) is 17.7. The Morgan fingerprint density at radius 1 is 0.946 bits per heavy atom. The predicted octanol–water partition coefficient (Wildman–Crippen LogP) is 5.52. The Bertz CT molecular complexity index is 1040. The molecule has 0 aromatic heterocycles. The molecule has 0 unspecified atom stereocenters. The van der Waals surface area contributed by atoms with Gasteiger partial charge >= 0.3 is 11.9 Å². The summed E-state index contributed by atoms with van der Waals surface area (Å²) >= 11 is 1.45. The van der Waals surface area contributed by atoms with Crippen molar-refractivity contribution in [3.63, 3.8) is 0 Å². The lowest BCUT2D eigenvalue weighted by molar-refractivity contribution is -0.208. The van der Waals surface area contributed by atoms with E-state index in [-0.39, 0.29) is 12.0 Å². The van der Waals surface area contributed by atoms with Crippen molar-refractivity contribution in [1.29, 1.82) is 0 Å². The van der Waals surface area contributed by atoms with E-state index in [2.05, 4.69) is 49.4 Å². The van der Waals surface area contributed by atoms with Crippen LogP contribution in [0.2, 0.25) is 0 Å². The maximum Gasteiger partial charge on any atom is 0.303 e. The number of ether oxygens (including phenoxy) is 3. The van der Waals surface area contributed by atoms with Crippen LogP contribution in [0.15, 0.2) is 42.5 Å². The Balaban J connectivity index is 1.79. The summed E-state index contributed by atoms with van der Waals surface area (Å²) < 4.78 is 17.7. The largest absolute Gasteiger partial charge is 0.458 e. The van der Waals surface area contributed by atoms with Gasteiger partial charge in [-0.15, -0.1) is 11.8 Å². The summed E-state index contributed by atoms with van der Waals surface area (Å²) in [6.07, 6.45) is 5.67. The zero-order valence-electron chi connectivity index (χ0n) is 22.7. The summed E-state index contributed by atoms with van der Waals surface area (Å²) in [6, 6.07) is 15.3. The van der Waals surface area contributed by atoms with E-state index in [1.54, 1.807) is 0 Å². The number of esters is 2. The van der Waals surface area contributed by atoms with Crippen molar-refractivity contribution in [2.45, 2.75) is 83.5 Å². The molecule has 37 heavy (non-hydrogen) atoms. The van der Waals surface area contributed by atoms with Crippen LogP contribution in [0.1, 0.15) is 74.0 Å². The molecule has 202 valence electrons. The lowest BCUT2D eigenvalue weighted by Gasteiger charge is -2.44. The van der Waals surface area contributed by atoms with E-state index in [9.17, 15) is 9.59 Å². The monoisotopic (exact) mass is 527 g/mol. The third-order valence-corrected chi connectivity index (χ3v) is 7.84. The second-order valence-electron chi connectivity index (χ2n) is 9.95. The van der Waals surface area contributed by atoms with Crippen LogP contribution in [-0.2, 0) is 36.6 Å². The highest BCUT2D eigenvalue weighted by Gasteiger charge is 2.48. The third kappa shape index (κ3) is 8.06. The van der Waals surface area contributed by atoms with E-state index in [0.29, 0.717) is 0 Å². The van der Waals surface area contributed by atoms with Gasteiger partial charge in [-0.25, -0.2) is 0 Å². The van der Waals surface area contributed by atoms with Gasteiger partial charge in [0.05, 0.1) is 6.10 Å². The molecule has 1 saturated heterocycles. The van der Waals surface area contributed by atoms with E-state index in [1.807, 2.05) is 13.2 Å². The average molecular weight is 528 g/mol. The fourth-order valence-corrected chi connectivity index (χ4v) is 5.69. The molecule has 2 aromatic rings.